The molecule has 0 spiro atoms. The molecular formula is C16H24N2O3. The first kappa shape index (κ1) is 15.7. The van der Waals surface area contributed by atoms with Crippen molar-refractivity contribution in [1.82, 2.24) is 9.55 Å². The Bertz CT molecular complexity index is 613. The topological polar surface area (TPSA) is 72.2 Å². The third-order valence-electron chi connectivity index (χ3n) is 4.54. The molecule has 1 N–H and O–H groups in total. The molecule has 1 saturated carbocycles. The summed E-state index contributed by atoms with van der Waals surface area (Å²) < 4.78 is 1.75. The minimum atomic E-state index is -0.879. The second-order valence-corrected chi connectivity index (χ2v) is 6.31. The molecule has 5 nitrogen and oxygen atoms in total. The van der Waals surface area contributed by atoms with E-state index in [0.717, 1.165) is 24.1 Å². The van der Waals surface area contributed by atoms with Gasteiger partial charge in [0.2, 0.25) is 0 Å². The Morgan fingerprint density at radius 2 is 1.95 bits per heavy atom. The molecule has 0 bridgehead atoms. The molecule has 1 aromatic rings. The first-order valence-electron chi connectivity index (χ1n) is 7.68. The van der Waals surface area contributed by atoms with E-state index in [-0.39, 0.29) is 17.6 Å². The Labute approximate surface area is 125 Å². The van der Waals surface area contributed by atoms with Crippen molar-refractivity contribution in [2.45, 2.75) is 65.3 Å². The second-order valence-electron chi connectivity index (χ2n) is 6.31. The lowest BCUT2D eigenvalue weighted by Crippen LogP contribution is -2.43. The molecule has 2 rings (SSSR count). The van der Waals surface area contributed by atoms with E-state index in [1.54, 1.807) is 4.57 Å². The van der Waals surface area contributed by atoms with Gasteiger partial charge in [-0.05, 0) is 45.4 Å². The van der Waals surface area contributed by atoms with Crippen LogP contribution in [0.2, 0.25) is 0 Å². The summed E-state index contributed by atoms with van der Waals surface area (Å²) in [6.07, 6.45) is 3.39. The van der Waals surface area contributed by atoms with Crippen LogP contribution in [0, 0.1) is 5.92 Å². The highest BCUT2D eigenvalue weighted by Gasteiger charge is 2.41. The predicted octanol–water partition coefficient (Wildman–Crippen LogP) is 2.14. The number of carboxylic acids is 1. The van der Waals surface area contributed by atoms with Crippen molar-refractivity contribution < 1.29 is 9.90 Å². The van der Waals surface area contributed by atoms with Gasteiger partial charge in [0.25, 0.3) is 0 Å². The van der Waals surface area contributed by atoms with E-state index in [4.69, 9.17) is 0 Å². The van der Waals surface area contributed by atoms with Gasteiger partial charge in [0, 0.05) is 16.8 Å². The Morgan fingerprint density at radius 1 is 1.33 bits per heavy atom. The number of hydrogen-bond donors (Lipinski definition) is 1. The van der Waals surface area contributed by atoms with Crippen molar-refractivity contribution in [2.24, 2.45) is 5.92 Å². The van der Waals surface area contributed by atoms with Crippen LogP contribution in [0.15, 0.2) is 4.79 Å². The summed E-state index contributed by atoms with van der Waals surface area (Å²) in [5.74, 6) is -0.400. The third-order valence-corrected chi connectivity index (χ3v) is 4.54. The van der Waals surface area contributed by atoms with Crippen molar-refractivity contribution in [2.75, 3.05) is 0 Å². The van der Waals surface area contributed by atoms with Gasteiger partial charge in [0.1, 0.15) is 0 Å². The molecule has 1 aliphatic carbocycles. The molecule has 1 aromatic heterocycles. The molecule has 0 amide bonds. The van der Waals surface area contributed by atoms with Gasteiger partial charge in [-0.25, -0.2) is 4.79 Å². The highest BCUT2D eigenvalue weighted by molar-refractivity contribution is 5.71. The summed E-state index contributed by atoms with van der Waals surface area (Å²) in [6.45, 7) is 7.99. The SMILES string of the molecule is CCc1nc(=O)n(C(C)(C)C2CC2)c(CC)c1CC(=O)O. The molecule has 0 aliphatic heterocycles. The first-order chi connectivity index (χ1) is 9.82. The lowest BCUT2D eigenvalue weighted by molar-refractivity contribution is -0.136. The standard InChI is InChI=1S/C16H24N2O3/c1-5-12-11(9-14(19)20)13(6-2)18(15(21)17-12)16(3,4)10-7-8-10/h10H,5-9H2,1-4H3,(H,19,20). The normalized spacial score (nSPS) is 15.2. The van der Waals surface area contributed by atoms with Gasteiger partial charge < -0.3 is 5.11 Å². The highest BCUT2D eigenvalue weighted by Crippen LogP contribution is 2.44. The first-order valence-corrected chi connectivity index (χ1v) is 7.68. The molecule has 0 atom stereocenters. The van der Waals surface area contributed by atoms with E-state index in [1.165, 1.54) is 0 Å². The fraction of sp³-hybridized carbons (Fsp3) is 0.688. The van der Waals surface area contributed by atoms with Gasteiger partial charge in [0.15, 0.2) is 0 Å². The van der Waals surface area contributed by atoms with Crippen LogP contribution in [0.5, 0.6) is 0 Å². The maximum atomic E-state index is 12.5. The zero-order valence-corrected chi connectivity index (χ0v) is 13.3. The van der Waals surface area contributed by atoms with Crippen LogP contribution >= 0.6 is 0 Å². The summed E-state index contributed by atoms with van der Waals surface area (Å²) in [7, 11) is 0. The molecule has 5 heteroatoms. The van der Waals surface area contributed by atoms with Crippen molar-refractivity contribution in [3.05, 3.63) is 27.4 Å². The van der Waals surface area contributed by atoms with Crippen LogP contribution in [-0.2, 0) is 29.6 Å². The fourth-order valence-electron chi connectivity index (χ4n) is 3.24. The zero-order chi connectivity index (χ0) is 15.8. The zero-order valence-electron chi connectivity index (χ0n) is 13.3. The van der Waals surface area contributed by atoms with E-state index < -0.39 is 5.97 Å². The smallest absolute Gasteiger partial charge is 0.348 e. The summed E-state index contributed by atoms with van der Waals surface area (Å²) in [5.41, 5.74) is 1.65. The number of rotatable bonds is 6. The predicted molar refractivity (Wildman–Crippen MR) is 80.6 cm³/mol. The van der Waals surface area contributed by atoms with Crippen LogP contribution in [0.25, 0.3) is 0 Å². The maximum absolute atomic E-state index is 12.5. The number of aromatic nitrogens is 2. The van der Waals surface area contributed by atoms with Crippen LogP contribution < -0.4 is 5.69 Å². The molecule has 0 saturated heterocycles. The van der Waals surface area contributed by atoms with E-state index in [0.29, 0.717) is 24.5 Å². The Balaban J connectivity index is 2.69. The summed E-state index contributed by atoms with van der Waals surface area (Å²) >= 11 is 0. The Kier molecular flexibility index (Phi) is 4.21. The van der Waals surface area contributed by atoms with Gasteiger partial charge >= 0.3 is 11.7 Å². The van der Waals surface area contributed by atoms with Gasteiger partial charge in [-0.1, -0.05) is 13.8 Å². The largest absolute Gasteiger partial charge is 0.481 e. The van der Waals surface area contributed by atoms with E-state index >= 15 is 0 Å². The van der Waals surface area contributed by atoms with E-state index in [1.807, 2.05) is 13.8 Å². The third kappa shape index (κ3) is 2.87. The maximum Gasteiger partial charge on any atom is 0.348 e. The second kappa shape index (κ2) is 5.62. The van der Waals surface area contributed by atoms with Crippen molar-refractivity contribution in [3.8, 4) is 0 Å². The number of aryl methyl sites for hydroxylation is 1. The fourth-order valence-corrected chi connectivity index (χ4v) is 3.24. The average Bonchev–Trinajstić information content (AvgIpc) is 3.23. The molecular weight excluding hydrogens is 268 g/mol. The number of aliphatic carboxylic acids is 1. The molecule has 0 unspecified atom stereocenters. The Hall–Kier alpha value is -1.65. The summed E-state index contributed by atoms with van der Waals surface area (Å²) in [6, 6.07) is 0. The van der Waals surface area contributed by atoms with Gasteiger partial charge in [-0.2, -0.15) is 4.98 Å². The molecule has 0 aromatic carbocycles. The van der Waals surface area contributed by atoms with Crippen molar-refractivity contribution in [1.29, 1.82) is 0 Å². The van der Waals surface area contributed by atoms with Crippen LogP contribution in [-0.4, -0.2) is 20.6 Å². The van der Waals surface area contributed by atoms with Crippen LogP contribution in [0.3, 0.4) is 0 Å². The molecule has 116 valence electrons. The summed E-state index contributed by atoms with van der Waals surface area (Å²) in [4.78, 5) is 27.9. The van der Waals surface area contributed by atoms with Crippen LogP contribution in [0.1, 0.15) is 57.5 Å². The van der Waals surface area contributed by atoms with Gasteiger partial charge in [-0.3, -0.25) is 9.36 Å². The van der Waals surface area contributed by atoms with E-state index in [9.17, 15) is 14.7 Å². The number of nitrogens with zero attached hydrogens (tertiary/aromatic N) is 2. The van der Waals surface area contributed by atoms with Crippen LogP contribution in [0.4, 0.5) is 0 Å². The van der Waals surface area contributed by atoms with Crippen molar-refractivity contribution in [3.63, 3.8) is 0 Å². The van der Waals surface area contributed by atoms with Gasteiger partial charge in [0.05, 0.1) is 12.1 Å². The molecule has 0 radical (unpaired) electrons. The molecule has 1 fully saturated rings. The molecule has 1 heterocycles. The monoisotopic (exact) mass is 292 g/mol. The van der Waals surface area contributed by atoms with Gasteiger partial charge in [-0.15, -0.1) is 0 Å². The number of carbonyl (C=O) groups is 1. The minimum Gasteiger partial charge on any atom is -0.481 e. The van der Waals surface area contributed by atoms with E-state index in [2.05, 4.69) is 18.8 Å². The number of carboxylic acid groups (broad SMARTS) is 1. The highest BCUT2D eigenvalue weighted by atomic mass is 16.4. The Morgan fingerprint density at radius 3 is 2.38 bits per heavy atom. The lowest BCUT2D eigenvalue weighted by Gasteiger charge is -2.31. The summed E-state index contributed by atoms with van der Waals surface area (Å²) in [5, 5.41) is 9.18. The quantitative estimate of drug-likeness (QED) is 0.872. The van der Waals surface area contributed by atoms with Crippen molar-refractivity contribution >= 4 is 5.97 Å². The minimum absolute atomic E-state index is 0.0691. The average molecular weight is 292 g/mol. The molecule has 1 aliphatic rings. The number of hydrogen-bond acceptors (Lipinski definition) is 3. The molecule has 21 heavy (non-hydrogen) atoms. The lowest BCUT2D eigenvalue weighted by atomic mass is 9.95.